The molecule has 2 heterocycles. The van der Waals surface area contributed by atoms with E-state index in [9.17, 15) is 4.79 Å². The van der Waals surface area contributed by atoms with Gasteiger partial charge in [-0.1, -0.05) is 34.1 Å². The molecular formula is C25H23BrN2O3S. The predicted octanol–water partition coefficient (Wildman–Crippen LogP) is 6.51. The molecule has 0 radical (unpaired) electrons. The van der Waals surface area contributed by atoms with Gasteiger partial charge in [0.25, 0.3) is 0 Å². The van der Waals surface area contributed by atoms with E-state index in [1.54, 1.807) is 25.6 Å². The molecule has 2 N–H and O–H groups in total. The number of halogens is 1. The molecule has 0 saturated heterocycles. The molecular weight excluding hydrogens is 488 g/mol. The van der Waals surface area contributed by atoms with E-state index in [0.717, 1.165) is 39.1 Å². The van der Waals surface area contributed by atoms with Crippen LogP contribution in [0.1, 0.15) is 35.2 Å². The Labute approximate surface area is 199 Å². The fraction of sp³-hybridized carbons (Fsp3) is 0.240. The Morgan fingerprint density at radius 1 is 1.00 bits per heavy atom. The van der Waals surface area contributed by atoms with E-state index in [2.05, 4.69) is 44.1 Å². The number of carbonyl (C=O) groups is 1. The third-order valence-corrected chi connectivity index (χ3v) is 7.79. The van der Waals surface area contributed by atoms with Crippen molar-refractivity contribution in [2.24, 2.45) is 0 Å². The molecule has 0 fully saturated rings. The molecule has 32 heavy (non-hydrogen) atoms. The van der Waals surface area contributed by atoms with Gasteiger partial charge in [0.15, 0.2) is 17.3 Å². The number of thiophene rings is 1. The zero-order valence-electron chi connectivity index (χ0n) is 17.8. The number of para-hydroxylation sites is 2. The lowest BCUT2D eigenvalue weighted by atomic mass is 9.80. The molecule has 2 aliphatic rings. The Balaban J connectivity index is 1.66. The van der Waals surface area contributed by atoms with Crippen molar-refractivity contribution < 1.29 is 14.3 Å². The summed E-state index contributed by atoms with van der Waals surface area (Å²) < 4.78 is 11.9. The minimum atomic E-state index is -0.327. The third kappa shape index (κ3) is 3.69. The number of nitrogens with one attached hydrogen (secondary N) is 2. The first-order chi connectivity index (χ1) is 15.6. The Morgan fingerprint density at radius 3 is 2.47 bits per heavy atom. The number of Topliss-reactive ketones (excluding diaryl/α,β-unsaturated/α-hetero) is 1. The molecule has 2 atom stereocenters. The van der Waals surface area contributed by atoms with Crippen LogP contribution in [-0.4, -0.2) is 20.0 Å². The Bertz CT molecular complexity index is 1210. The van der Waals surface area contributed by atoms with Crippen LogP contribution in [0.25, 0.3) is 0 Å². The maximum absolute atomic E-state index is 13.6. The average molecular weight is 511 g/mol. The van der Waals surface area contributed by atoms with Crippen LogP contribution in [0.3, 0.4) is 0 Å². The molecule has 0 amide bonds. The number of ketones is 1. The van der Waals surface area contributed by atoms with Crippen LogP contribution in [0.2, 0.25) is 0 Å². The van der Waals surface area contributed by atoms with E-state index >= 15 is 0 Å². The number of hydrogen-bond acceptors (Lipinski definition) is 6. The monoisotopic (exact) mass is 510 g/mol. The number of benzene rings is 2. The summed E-state index contributed by atoms with van der Waals surface area (Å²) in [4.78, 5) is 14.9. The minimum Gasteiger partial charge on any atom is -0.493 e. The lowest BCUT2D eigenvalue weighted by Gasteiger charge is -2.30. The normalized spacial score (nSPS) is 19.9. The second kappa shape index (κ2) is 8.64. The van der Waals surface area contributed by atoms with Crippen LogP contribution in [0, 0.1) is 0 Å². The number of rotatable bonds is 4. The van der Waals surface area contributed by atoms with Crippen molar-refractivity contribution in [3.05, 3.63) is 80.1 Å². The quantitative estimate of drug-likeness (QED) is 0.419. The number of allylic oxidation sites excluding steroid dienone is 1. The average Bonchev–Trinajstić information content (AvgIpc) is 3.28. The highest BCUT2D eigenvalue weighted by Gasteiger charge is 2.37. The standard InChI is InChI=1S/C25H23BrN2O3S/c1-30-21-12-15(16(26)13-22(21)31-2)25-24-19(27-17-6-3-4-7-18(17)28-25)10-14(11-20(24)29)23-8-5-9-32-23/h3-9,12-14,25,27-28H,10-11H2,1-2H3/t14-,25-/m0/s1. The van der Waals surface area contributed by atoms with Gasteiger partial charge >= 0.3 is 0 Å². The molecule has 0 unspecified atom stereocenters. The summed E-state index contributed by atoms with van der Waals surface area (Å²) in [5, 5.41) is 9.28. The summed E-state index contributed by atoms with van der Waals surface area (Å²) in [6.45, 7) is 0. The molecule has 1 aliphatic heterocycles. The van der Waals surface area contributed by atoms with Gasteiger partial charge in [-0.3, -0.25) is 4.79 Å². The maximum atomic E-state index is 13.6. The van der Waals surface area contributed by atoms with Crippen molar-refractivity contribution in [3.63, 3.8) is 0 Å². The van der Waals surface area contributed by atoms with Crippen LogP contribution in [-0.2, 0) is 4.79 Å². The largest absolute Gasteiger partial charge is 0.493 e. The molecule has 1 aliphatic carbocycles. The van der Waals surface area contributed by atoms with E-state index in [4.69, 9.17) is 9.47 Å². The van der Waals surface area contributed by atoms with Gasteiger partial charge in [-0.25, -0.2) is 0 Å². The molecule has 3 aromatic rings. The zero-order chi connectivity index (χ0) is 22.2. The molecule has 1 aromatic heterocycles. The highest BCUT2D eigenvalue weighted by Crippen LogP contribution is 2.47. The summed E-state index contributed by atoms with van der Waals surface area (Å²) in [7, 11) is 3.24. The van der Waals surface area contributed by atoms with E-state index in [-0.39, 0.29) is 17.7 Å². The Kier molecular flexibility index (Phi) is 5.69. The third-order valence-electron chi connectivity index (χ3n) is 6.07. The predicted molar refractivity (Wildman–Crippen MR) is 132 cm³/mol. The van der Waals surface area contributed by atoms with Gasteiger partial charge in [0.2, 0.25) is 0 Å². The lowest BCUT2D eigenvalue weighted by molar-refractivity contribution is -0.116. The molecule has 7 heteroatoms. The van der Waals surface area contributed by atoms with Crippen molar-refractivity contribution >= 4 is 44.4 Å². The van der Waals surface area contributed by atoms with Crippen molar-refractivity contribution in [2.45, 2.75) is 24.8 Å². The van der Waals surface area contributed by atoms with Gasteiger partial charge < -0.3 is 20.1 Å². The number of ether oxygens (including phenoxy) is 2. The van der Waals surface area contributed by atoms with Crippen molar-refractivity contribution in [3.8, 4) is 11.5 Å². The van der Waals surface area contributed by atoms with Gasteiger partial charge in [-0.2, -0.15) is 0 Å². The second-order valence-corrected chi connectivity index (χ2v) is 9.75. The van der Waals surface area contributed by atoms with Gasteiger partial charge in [-0.15, -0.1) is 11.3 Å². The number of carbonyl (C=O) groups excluding carboxylic acids is 1. The summed E-state index contributed by atoms with van der Waals surface area (Å²) in [6, 6.07) is 15.7. The van der Waals surface area contributed by atoms with Gasteiger partial charge in [0.05, 0.1) is 31.6 Å². The van der Waals surface area contributed by atoms with E-state index in [1.165, 1.54) is 4.88 Å². The first-order valence-electron chi connectivity index (χ1n) is 10.4. The molecule has 5 rings (SSSR count). The van der Waals surface area contributed by atoms with Crippen LogP contribution in [0.15, 0.2) is 69.7 Å². The van der Waals surface area contributed by atoms with Gasteiger partial charge in [0.1, 0.15) is 0 Å². The van der Waals surface area contributed by atoms with E-state index < -0.39 is 0 Å². The topological polar surface area (TPSA) is 59.6 Å². The number of anilines is 2. The van der Waals surface area contributed by atoms with E-state index in [0.29, 0.717) is 17.9 Å². The first kappa shape index (κ1) is 21.1. The van der Waals surface area contributed by atoms with Crippen molar-refractivity contribution in [1.29, 1.82) is 0 Å². The van der Waals surface area contributed by atoms with Gasteiger partial charge in [-0.05, 0) is 47.7 Å². The number of hydrogen-bond donors (Lipinski definition) is 2. The van der Waals surface area contributed by atoms with Crippen LogP contribution in [0.5, 0.6) is 11.5 Å². The van der Waals surface area contributed by atoms with Gasteiger partial charge in [0, 0.05) is 33.0 Å². The highest BCUT2D eigenvalue weighted by atomic mass is 79.9. The minimum absolute atomic E-state index is 0.157. The first-order valence-corrected chi connectivity index (χ1v) is 12.1. The smallest absolute Gasteiger partial charge is 0.163 e. The maximum Gasteiger partial charge on any atom is 0.163 e. The van der Waals surface area contributed by atoms with E-state index in [1.807, 2.05) is 36.4 Å². The summed E-state index contributed by atoms with van der Waals surface area (Å²) in [5.74, 6) is 1.61. The lowest BCUT2D eigenvalue weighted by Crippen LogP contribution is -2.26. The summed E-state index contributed by atoms with van der Waals surface area (Å²) >= 11 is 5.42. The molecule has 164 valence electrons. The molecule has 5 nitrogen and oxygen atoms in total. The second-order valence-electron chi connectivity index (χ2n) is 7.91. The SMILES string of the molecule is COc1cc(Br)c([C@@H]2Nc3ccccc3NC3=C2C(=O)C[C@@H](c2cccs2)C3)cc1OC. The molecule has 2 aromatic carbocycles. The number of fused-ring (bicyclic) bond motifs is 1. The van der Waals surface area contributed by atoms with Crippen molar-refractivity contribution in [2.75, 3.05) is 24.9 Å². The fourth-order valence-electron chi connectivity index (χ4n) is 4.54. The molecule has 0 spiro atoms. The van der Waals surface area contributed by atoms with Crippen LogP contribution >= 0.6 is 27.3 Å². The molecule has 0 bridgehead atoms. The molecule has 0 saturated carbocycles. The summed E-state index contributed by atoms with van der Waals surface area (Å²) in [5.41, 5.74) is 4.61. The summed E-state index contributed by atoms with van der Waals surface area (Å²) in [6.07, 6.45) is 1.29. The fourth-order valence-corrected chi connectivity index (χ4v) is 5.92. The van der Waals surface area contributed by atoms with Crippen LogP contribution in [0.4, 0.5) is 11.4 Å². The zero-order valence-corrected chi connectivity index (χ0v) is 20.2. The van der Waals surface area contributed by atoms with Crippen molar-refractivity contribution in [1.82, 2.24) is 0 Å². The Morgan fingerprint density at radius 2 is 1.75 bits per heavy atom. The van der Waals surface area contributed by atoms with Crippen LogP contribution < -0.4 is 20.1 Å². The Hall–Kier alpha value is -2.77. The number of methoxy groups -OCH3 is 2. The highest BCUT2D eigenvalue weighted by molar-refractivity contribution is 9.10.